The second-order valence-electron chi connectivity index (χ2n) is 8.86. The lowest BCUT2D eigenvalue weighted by Gasteiger charge is -2.62. The highest BCUT2D eigenvalue weighted by molar-refractivity contribution is 5.90. The molecule has 134 valence electrons. The molecular formula is C21H22N2O3. The first-order chi connectivity index (χ1) is 12.6. The Morgan fingerprint density at radius 1 is 1.35 bits per heavy atom. The van der Waals surface area contributed by atoms with Crippen molar-refractivity contribution in [1.29, 1.82) is 5.26 Å². The lowest BCUT2D eigenvalue weighted by molar-refractivity contribution is -0.188. The lowest BCUT2D eigenvalue weighted by atomic mass is 9.49. The Morgan fingerprint density at radius 2 is 2.19 bits per heavy atom. The minimum absolute atomic E-state index is 0.0439. The molecule has 2 bridgehead atoms. The smallest absolute Gasteiger partial charge is 0.174 e. The van der Waals surface area contributed by atoms with E-state index in [2.05, 4.69) is 11.0 Å². The number of Topliss-reactive ketones (excluding diaryl/α,β-unsaturated/α-hetero) is 1. The topological polar surface area (TPSA) is 73.6 Å². The number of nitriles is 1. The highest BCUT2D eigenvalue weighted by Crippen LogP contribution is 2.64. The summed E-state index contributed by atoms with van der Waals surface area (Å²) in [6.07, 6.45) is 4.35. The average molecular weight is 350 g/mol. The van der Waals surface area contributed by atoms with Gasteiger partial charge in [0.15, 0.2) is 11.9 Å². The van der Waals surface area contributed by atoms with Crippen molar-refractivity contribution in [1.82, 2.24) is 4.90 Å². The second-order valence-corrected chi connectivity index (χ2v) is 8.86. The van der Waals surface area contributed by atoms with E-state index in [1.165, 1.54) is 12.8 Å². The van der Waals surface area contributed by atoms with Crippen LogP contribution in [0.1, 0.15) is 48.8 Å². The summed E-state index contributed by atoms with van der Waals surface area (Å²) >= 11 is 0. The van der Waals surface area contributed by atoms with E-state index in [-0.39, 0.29) is 11.8 Å². The quantitative estimate of drug-likeness (QED) is 0.879. The molecule has 0 amide bonds. The van der Waals surface area contributed by atoms with Crippen molar-refractivity contribution in [2.45, 2.75) is 61.7 Å². The fourth-order valence-electron chi connectivity index (χ4n) is 6.37. The van der Waals surface area contributed by atoms with Gasteiger partial charge in [-0.05, 0) is 56.2 Å². The predicted molar refractivity (Wildman–Crippen MR) is 92.8 cm³/mol. The second kappa shape index (κ2) is 4.68. The van der Waals surface area contributed by atoms with Crippen LogP contribution in [0.2, 0.25) is 0 Å². The fourth-order valence-corrected chi connectivity index (χ4v) is 6.37. The van der Waals surface area contributed by atoms with Crippen molar-refractivity contribution >= 4 is 5.78 Å². The molecule has 4 atom stereocenters. The number of ether oxygens (including phenoxy) is 1. The standard InChI is InChI=1S/C21H22N2O3/c22-10-14-4-3-13-9-16-21(25)6-5-15(24)19-20(21,17(13)18(14)26-19)7-8-23(16)11-12-1-2-12/h3-4,12,16,19,25H,1-2,5-9,11H2/t16-,19+,20+,21-/m1/s1. The molecule has 2 heterocycles. The molecule has 3 fully saturated rings. The Labute approximate surface area is 152 Å². The van der Waals surface area contributed by atoms with Crippen molar-refractivity contribution in [3.8, 4) is 11.8 Å². The van der Waals surface area contributed by atoms with E-state index in [0.29, 0.717) is 24.2 Å². The van der Waals surface area contributed by atoms with Crippen LogP contribution >= 0.6 is 0 Å². The van der Waals surface area contributed by atoms with Gasteiger partial charge < -0.3 is 9.84 Å². The maximum Gasteiger partial charge on any atom is 0.174 e. The molecule has 2 aliphatic heterocycles. The Balaban J connectivity index is 1.59. The number of hydrogen-bond donors (Lipinski definition) is 1. The van der Waals surface area contributed by atoms with Crippen molar-refractivity contribution < 1.29 is 14.6 Å². The van der Waals surface area contributed by atoms with Gasteiger partial charge in [-0.1, -0.05) is 6.07 Å². The van der Waals surface area contributed by atoms with E-state index in [0.717, 1.165) is 43.0 Å². The zero-order chi connectivity index (χ0) is 17.7. The van der Waals surface area contributed by atoms with E-state index in [1.807, 2.05) is 12.1 Å². The Kier molecular flexibility index (Phi) is 2.73. The van der Waals surface area contributed by atoms with Crippen LogP contribution in [-0.2, 0) is 16.6 Å². The van der Waals surface area contributed by atoms with Gasteiger partial charge in [0, 0.05) is 24.6 Å². The van der Waals surface area contributed by atoms with Crippen molar-refractivity contribution in [2.75, 3.05) is 13.1 Å². The van der Waals surface area contributed by atoms with Gasteiger partial charge in [0.1, 0.15) is 11.8 Å². The Hall–Kier alpha value is -1.90. The van der Waals surface area contributed by atoms with E-state index >= 15 is 0 Å². The van der Waals surface area contributed by atoms with E-state index in [9.17, 15) is 15.2 Å². The first-order valence-corrected chi connectivity index (χ1v) is 9.81. The normalized spacial score (nSPS) is 39.9. The lowest BCUT2D eigenvalue weighted by Crippen LogP contribution is -2.76. The van der Waals surface area contributed by atoms with E-state index in [1.54, 1.807) is 0 Å². The van der Waals surface area contributed by atoms with Crippen LogP contribution in [0, 0.1) is 17.2 Å². The van der Waals surface area contributed by atoms with Gasteiger partial charge in [0.25, 0.3) is 0 Å². The molecule has 3 aliphatic carbocycles. The van der Waals surface area contributed by atoms with Gasteiger partial charge in [-0.3, -0.25) is 9.69 Å². The number of benzene rings is 1. The first-order valence-electron chi connectivity index (χ1n) is 9.81. The largest absolute Gasteiger partial charge is 0.480 e. The molecule has 1 aromatic rings. The number of ketones is 1. The summed E-state index contributed by atoms with van der Waals surface area (Å²) in [6.45, 7) is 1.95. The SMILES string of the molecule is N#Cc1ccc2c3c1O[C@H]1C(=O)CC[C@@]4(O)[C@@H](C2)N(CC2CC2)CC[C@]314. The van der Waals surface area contributed by atoms with E-state index < -0.39 is 17.1 Å². The maximum absolute atomic E-state index is 12.8. The van der Waals surface area contributed by atoms with Gasteiger partial charge in [0.2, 0.25) is 0 Å². The number of likely N-dealkylation sites (tertiary alicyclic amines) is 1. The summed E-state index contributed by atoms with van der Waals surface area (Å²) in [5.41, 5.74) is 1.01. The van der Waals surface area contributed by atoms with Gasteiger partial charge >= 0.3 is 0 Å². The molecule has 5 heteroatoms. The molecule has 6 rings (SSSR count). The molecule has 0 unspecified atom stereocenters. The van der Waals surface area contributed by atoms with Crippen LogP contribution in [0.15, 0.2) is 12.1 Å². The number of hydrogen-bond acceptors (Lipinski definition) is 5. The zero-order valence-electron chi connectivity index (χ0n) is 14.7. The number of piperidine rings is 1. The van der Waals surface area contributed by atoms with Crippen LogP contribution in [0.5, 0.6) is 5.75 Å². The summed E-state index contributed by atoms with van der Waals surface area (Å²) < 4.78 is 6.16. The third kappa shape index (κ3) is 1.57. The minimum Gasteiger partial charge on any atom is -0.480 e. The number of carbonyl (C=O) groups excluding carboxylic acids is 1. The number of nitrogens with zero attached hydrogens (tertiary/aromatic N) is 2. The van der Waals surface area contributed by atoms with Crippen LogP contribution in [-0.4, -0.2) is 46.6 Å². The Morgan fingerprint density at radius 3 is 2.96 bits per heavy atom. The van der Waals surface area contributed by atoms with Gasteiger partial charge in [-0.2, -0.15) is 5.26 Å². The average Bonchev–Trinajstić information content (AvgIpc) is 3.37. The third-order valence-electron chi connectivity index (χ3n) is 7.70. The molecule has 2 saturated carbocycles. The maximum atomic E-state index is 12.8. The van der Waals surface area contributed by atoms with Crippen LogP contribution in [0.25, 0.3) is 0 Å². The molecule has 0 radical (unpaired) electrons. The molecule has 1 N–H and O–H groups in total. The summed E-state index contributed by atoms with van der Waals surface area (Å²) in [6, 6.07) is 6.10. The number of rotatable bonds is 2. The third-order valence-corrected chi connectivity index (χ3v) is 7.70. The predicted octanol–water partition coefficient (Wildman–Crippen LogP) is 1.69. The molecule has 5 aliphatic rings. The van der Waals surface area contributed by atoms with Crippen molar-refractivity contribution in [3.63, 3.8) is 0 Å². The molecule has 1 spiro atoms. The molecule has 1 saturated heterocycles. The van der Waals surface area contributed by atoms with E-state index in [4.69, 9.17) is 4.74 Å². The zero-order valence-corrected chi connectivity index (χ0v) is 14.7. The van der Waals surface area contributed by atoms with Crippen LogP contribution < -0.4 is 4.74 Å². The number of aliphatic hydroxyl groups is 1. The molecule has 5 nitrogen and oxygen atoms in total. The summed E-state index contributed by atoms with van der Waals surface area (Å²) in [4.78, 5) is 15.3. The number of carbonyl (C=O) groups is 1. The van der Waals surface area contributed by atoms with Gasteiger partial charge in [0.05, 0.1) is 16.6 Å². The molecule has 0 aromatic heterocycles. The van der Waals surface area contributed by atoms with Crippen LogP contribution in [0.4, 0.5) is 0 Å². The summed E-state index contributed by atoms with van der Waals surface area (Å²) in [5.74, 6) is 1.42. The monoisotopic (exact) mass is 350 g/mol. The molecule has 1 aromatic carbocycles. The van der Waals surface area contributed by atoms with Crippen molar-refractivity contribution in [2.24, 2.45) is 5.92 Å². The Bertz CT molecular complexity index is 886. The van der Waals surface area contributed by atoms with Crippen molar-refractivity contribution in [3.05, 3.63) is 28.8 Å². The fraction of sp³-hybridized carbons (Fsp3) is 0.619. The first kappa shape index (κ1) is 15.2. The molecular weight excluding hydrogens is 328 g/mol. The van der Waals surface area contributed by atoms with Gasteiger partial charge in [-0.15, -0.1) is 0 Å². The minimum atomic E-state index is -0.939. The van der Waals surface area contributed by atoms with Gasteiger partial charge in [-0.25, -0.2) is 0 Å². The molecule has 26 heavy (non-hydrogen) atoms. The summed E-state index contributed by atoms with van der Waals surface area (Å²) in [5, 5.41) is 21.6. The highest BCUT2D eigenvalue weighted by atomic mass is 16.5. The summed E-state index contributed by atoms with van der Waals surface area (Å²) in [7, 11) is 0. The van der Waals surface area contributed by atoms with Crippen LogP contribution in [0.3, 0.4) is 0 Å². The highest BCUT2D eigenvalue weighted by Gasteiger charge is 2.73.